The number of hydrogen-bond acceptors (Lipinski definition) is 8. The van der Waals surface area contributed by atoms with Gasteiger partial charge in [0.1, 0.15) is 18.2 Å². The van der Waals surface area contributed by atoms with Crippen LogP contribution in [0.25, 0.3) is 22.3 Å². The molecule has 0 unspecified atom stereocenters. The first kappa shape index (κ1) is 28.9. The Kier molecular flexibility index (Phi) is 8.69. The number of nitrogen functional groups attached to an aromatic ring is 1. The number of rotatable bonds is 9. The molecule has 2 aromatic carbocycles. The second kappa shape index (κ2) is 12.9. The van der Waals surface area contributed by atoms with Crippen molar-refractivity contribution in [2.75, 3.05) is 52.1 Å². The lowest BCUT2D eigenvalue weighted by Crippen LogP contribution is -2.43. The summed E-state index contributed by atoms with van der Waals surface area (Å²) >= 11 is 0. The van der Waals surface area contributed by atoms with E-state index in [1.807, 2.05) is 25.4 Å². The Bertz CT molecular complexity index is 1530. The number of likely N-dealkylation sites (N-methyl/N-ethyl adjacent to an activating group) is 1. The fourth-order valence-electron chi connectivity index (χ4n) is 5.71. The molecule has 4 aromatic rings. The summed E-state index contributed by atoms with van der Waals surface area (Å²) in [7, 11) is 4.03. The molecule has 4 N–H and O–H groups in total. The van der Waals surface area contributed by atoms with Crippen molar-refractivity contribution in [1.82, 2.24) is 35.2 Å². The van der Waals surface area contributed by atoms with Gasteiger partial charge in [-0.25, -0.2) is 4.98 Å². The van der Waals surface area contributed by atoms with Crippen molar-refractivity contribution in [3.8, 4) is 28.0 Å². The van der Waals surface area contributed by atoms with Crippen molar-refractivity contribution in [2.24, 2.45) is 7.05 Å². The molecule has 10 nitrogen and oxygen atoms in total. The molecule has 1 amide bonds. The van der Waals surface area contributed by atoms with Gasteiger partial charge in [0.2, 0.25) is 0 Å². The first-order valence-corrected chi connectivity index (χ1v) is 14.9. The van der Waals surface area contributed by atoms with Crippen LogP contribution in [0.15, 0.2) is 73.2 Å². The fraction of sp³-hybridized carbons (Fsp3) is 0.364. The van der Waals surface area contributed by atoms with Gasteiger partial charge < -0.3 is 26.0 Å². The van der Waals surface area contributed by atoms with E-state index in [0.29, 0.717) is 18.7 Å². The number of anilines is 1. The molecule has 224 valence electrons. The minimum Gasteiger partial charge on any atom is -0.492 e. The molecular formula is C33H40N8O2. The molecule has 2 fully saturated rings. The van der Waals surface area contributed by atoms with Gasteiger partial charge in [-0.3, -0.25) is 14.4 Å². The van der Waals surface area contributed by atoms with Crippen LogP contribution in [0.3, 0.4) is 0 Å². The Labute approximate surface area is 252 Å². The van der Waals surface area contributed by atoms with Crippen molar-refractivity contribution < 1.29 is 9.53 Å². The van der Waals surface area contributed by atoms with Crippen LogP contribution in [0, 0.1) is 0 Å². The summed E-state index contributed by atoms with van der Waals surface area (Å²) in [6, 6.07) is 19.0. The van der Waals surface area contributed by atoms with Crippen LogP contribution < -0.4 is 21.1 Å². The molecule has 2 saturated heterocycles. The molecule has 4 heterocycles. The monoisotopic (exact) mass is 580 g/mol. The Morgan fingerprint density at radius 3 is 2.40 bits per heavy atom. The standard InChI is InChI=1S/C33H40N8O2/c1-39-11-13-41(14-12-39)20-23-3-5-24(6-4-23)25-7-9-30(10-8-25)43-22-29-16-28(19-35-29)38-33(42)31-15-26(17-36-32(31)34)27-18-37-40(2)21-27/h3-10,15,17-18,21,28-29,35H,11-14,16,19-20,22H2,1-2H3,(H2,34,36)(H,38,42)/t28-,29-/m0/s1. The number of nitrogens with two attached hydrogens (primary N) is 1. The highest BCUT2D eigenvalue weighted by Gasteiger charge is 2.27. The first-order chi connectivity index (χ1) is 20.9. The summed E-state index contributed by atoms with van der Waals surface area (Å²) in [6.45, 7) is 6.71. The number of ether oxygens (including phenoxy) is 1. The number of hydrogen-bond donors (Lipinski definition) is 3. The molecule has 0 saturated carbocycles. The third-order valence-corrected chi connectivity index (χ3v) is 8.35. The number of amides is 1. The number of nitrogens with zero attached hydrogens (tertiary/aromatic N) is 5. The van der Waals surface area contributed by atoms with E-state index in [-0.39, 0.29) is 23.8 Å². The number of aromatic nitrogens is 3. The Morgan fingerprint density at radius 2 is 1.70 bits per heavy atom. The second-order valence-corrected chi connectivity index (χ2v) is 11.7. The van der Waals surface area contributed by atoms with Gasteiger partial charge in [0.25, 0.3) is 5.91 Å². The van der Waals surface area contributed by atoms with E-state index in [4.69, 9.17) is 10.5 Å². The smallest absolute Gasteiger partial charge is 0.255 e. The Hall–Kier alpha value is -4.25. The molecule has 2 atom stereocenters. The largest absolute Gasteiger partial charge is 0.492 e. The highest BCUT2D eigenvalue weighted by molar-refractivity contribution is 5.99. The fourth-order valence-corrected chi connectivity index (χ4v) is 5.71. The van der Waals surface area contributed by atoms with Crippen LogP contribution in [0.5, 0.6) is 5.75 Å². The Balaban J connectivity index is 0.970. The minimum absolute atomic E-state index is 0.0239. The third kappa shape index (κ3) is 7.22. The summed E-state index contributed by atoms with van der Waals surface area (Å²) < 4.78 is 7.80. The molecule has 0 radical (unpaired) electrons. The van der Waals surface area contributed by atoms with E-state index >= 15 is 0 Å². The maximum atomic E-state index is 13.0. The van der Waals surface area contributed by atoms with Gasteiger partial charge in [-0.15, -0.1) is 0 Å². The number of piperazine rings is 1. The number of carbonyl (C=O) groups excluding carboxylic acids is 1. The van der Waals surface area contributed by atoms with Gasteiger partial charge in [-0.1, -0.05) is 36.4 Å². The van der Waals surface area contributed by atoms with Gasteiger partial charge in [0.05, 0.1) is 11.8 Å². The maximum Gasteiger partial charge on any atom is 0.255 e. The van der Waals surface area contributed by atoms with Crippen LogP contribution >= 0.6 is 0 Å². The predicted molar refractivity (Wildman–Crippen MR) is 169 cm³/mol. The average Bonchev–Trinajstić information content (AvgIpc) is 3.67. The van der Waals surface area contributed by atoms with E-state index < -0.39 is 0 Å². The molecule has 2 aromatic heterocycles. The molecule has 2 aliphatic heterocycles. The predicted octanol–water partition coefficient (Wildman–Crippen LogP) is 3.02. The van der Waals surface area contributed by atoms with Gasteiger partial charge in [0, 0.05) is 81.9 Å². The number of nitrogens with one attached hydrogen (secondary N) is 2. The molecular weight excluding hydrogens is 540 g/mol. The normalized spacial score (nSPS) is 19.4. The zero-order valence-corrected chi connectivity index (χ0v) is 24.9. The van der Waals surface area contributed by atoms with Crippen molar-refractivity contribution in [1.29, 1.82) is 0 Å². The summed E-state index contributed by atoms with van der Waals surface area (Å²) in [5, 5.41) is 10.8. The number of pyridine rings is 1. The minimum atomic E-state index is -0.230. The lowest BCUT2D eigenvalue weighted by atomic mass is 10.0. The maximum absolute atomic E-state index is 13.0. The molecule has 0 spiro atoms. The zero-order valence-electron chi connectivity index (χ0n) is 24.9. The van der Waals surface area contributed by atoms with E-state index in [2.05, 4.69) is 74.0 Å². The van der Waals surface area contributed by atoms with Gasteiger partial charge in [-0.05, 0) is 48.4 Å². The van der Waals surface area contributed by atoms with Crippen LogP contribution in [0.4, 0.5) is 5.82 Å². The molecule has 0 bridgehead atoms. The summed E-state index contributed by atoms with van der Waals surface area (Å²) in [5.41, 5.74) is 11.8. The number of aryl methyl sites for hydroxylation is 1. The highest BCUT2D eigenvalue weighted by Crippen LogP contribution is 2.25. The molecule has 43 heavy (non-hydrogen) atoms. The van der Waals surface area contributed by atoms with E-state index in [0.717, 1.165) is 56.0 Å². The van der Waals surface area contributed by atoms with Gasteiger partial charge >= 0.3 is 0 Å². The van der Waals surface area contributed by atoms with Crippen LogP contribution in [-0.2, 0) is 13.6 Å². The van der Waals surface area contributed by atoms with Gasteiger partial charge in [-0.2, -0.15) is 5.10 Å². The average molecular weight is 581 g/mol. The topological polar surface area (TPSA) is 114 Å². The SMILES string of the molecule is CN1CCN(Cc2ccc(-c3ccc(OC[C@@H]4C[C@H](NC(=O)c5cc(-c6cnn(C)c6)cnc5N)CN4)cc3)cc2)CC1. The summed E-state index contributed by atoms with van der Waals surface area (Å²) in [5.74, 6) is 0.809. The van der Waals surface area contributed by atoms with Gasteiger partial charge in [0.15, 0.2) is 0 Å². The summed E-state index contributed by atoms with van der Waals surface area (Å²) in [6.07, 6.45) is 6.04. The lowest BCUT2D eigenvalue weighted by molar-refractivity contribution is 0.0940. The molecule has 2 aliphatic rings. The summed E-state index contributed by atoms with van der Waals surface area (Å²) in [4.78, 5) is 22.2. The number of carbonyl (C=O) groups is 1. The third-order valence-electron chi connectivity index (χ3n) is 8.35. The van der Waals surface area contributed by atoms with Crippen LogP contribution in [0.1, 0.15) is 22.3 Å². The van der Waals surface area contributed by atoms with Crippen LogP contribution in [-0.4, -0.2) is 88.9 Å². The van der Waals surface area contributed by atoms with E-state index in [1.165, 1.54) is 16.7 Å². The van der Waals surface area contributed by atoms with Crippen molar-refractivity contribution >= 4 is 11.7 Å². The van der Waals surface area contributed by atoms with Crippen molar-refractivity contribution in [3.05, 3.63) is 84.3 Å². The first-order valence-electron chi connectivity index (χ1n) is 14.9. The van der Waals surface area contributed by atoms with Crippen molar-refractivity contribution in [2.45, 2.75) is 25.0 Å². The lowest BCUT2D eigenvalue weighted by Gasteiger charge is -2.32. The number of benzene rings is 2. The Morgan fingerprint density at radius 1 is 0.977 bits per heavy atom. The molecule has 10 heteroatoms. The van der Waals surface area contributed by atoms with E-state index in [1.54, 1.807) is 23.1 Å². The van der Waals surface area contributed by atoms with E-state index in [9.17, 15) is 4.79 Å². The molecule has 0 aliphatic carbocycles. The molecule has 6 rings (SSSR count). The second-order valence-electron chi connectivity index (χ2n) is 11.7. The highest BCUT2D eigenvalue weighted by atomic mass is 16.5. The van der Waals surface area contributed by atoms with Crippen molar-refractivity contribution in [3.63, 3.8) is 0 Å². The zero-order chi connectivity index (χ0) is 29.8. The quantitative estimate of drug-likeness (QED) is 0.277. The van der Waals surface area contributed by atoms with Crippen LogP contribution in [0.2, 0.25) is 0 Å².